The summed E-state index contributed by atoms with van der Waals surface area (Å²) in [4.78, 5) is 10.7. The molecule has 4 nitrogen and oxygen atoms in total. The third kappa shape index (κ3) is 5.22. The molecule has 0 saturated heterocycles. The van der Waals surface area contributed by atoms with E-state index in [0.717, 1.165) is 6.29 Å². The Morgan fingerprint density at radius 2 is 1.68 bits per heavy atom. The molecule has 6 heteroatoms. The van der Waals surface area contributed by atoms with Crippen LogP contribution in [0.1, 0.15) is 24.2 Å². The topological polar surface area (TPSA) is 44.8 Å². The van der Waals surface area contributed by atoms with E-state index in [1.807, 2.05) is 13.8 Å². The van der Waals surface area contributed by atoms with Crippen LogP contribution in [-0.2, 0) is 9.47 Å². The van der Waals surface area contributed by atoms with E-state index < -0.39 is 6.29 Å². The van der Waals surface area contributed by atoms with Crippen molar-refractivity contribution in [2.24, 2.45) is 0 Å². The Hall–Kier alpha value is -0.430. The molecule has 19 heavy (non-hydrogen) atoms. The number of carbonyl (C=O) groups excluding carboxylic acids is 1. The minimum Gasteiger partial charge on any atom is -0.486 e. The summed E-state index contributed by atoms with van der Waals surface area (Å²) in [5, 5.41) is 0. The smallest absolute Gasteiger partial charge is 0.191 e. The maximum atomic E-state index is 10.7. The van der Waals surface area contributed by atoms with Gasteiger partial charge in [0.05, 0.1) is 8.95 Å². The lowest BCUT2D eigenvalue weighted by Gasteiger charge is -2.18. The van der Waals surface area contributed by atoms with Crippen molar-refractivity contribution < 1.29 is 19.0 Å². The number of halogens is 2. The number of rotatable bonds is 8. The zero-order valence-electron chi connectivity index (χ0n) is 10.8. The molecule has 0 N–H and O–H groups in total. The molecule has 0 aliphatic rings. The molecule has 0 heterocycles. The van der Waals surface area contributed by atoms with Crippen molar-refractivity contribution in [3.8, 4) is 5.75 Å². The van der Waals surface area contributed by atoms with Crippen LogP contribution < -0.4 is 4.74 Å². The summed E-state index contributed by atoms with van der Waals surface area (Å²) in [5.41, 5.74) is 0.567. The lowest BCUT2D eigenvalue weighted by molar-refractivity contribution is -0.152. The van der Waals surface area contributed by atoms with Crippen LogP contribution in [0.15, 0.2) is 21.1 Å². The maximum Gasteiger partial charge on any atom is 0.191 e. The number of hydrogen-bond donors (Lipinski definition) is 0. The molecule has 0 aliphatic carbocycles. The molecule has 1 aromatic carbocycles. The van der Waals surface area contributed by atoms with Crippen molar-refractivity contribution in [2.45, 2.75) is 20.1 Å². The van der Waals surface area contributed by atoms with Crippen LogP contribution in [0.4, 0.5) is 0 Å². The van der Waals surface area contributed by atoms with E-state index in [9.17, 15) is 4.79 Å². The second-order valence-electron chi connectivity index (χ2n) is 3.58. The third-order valence-corrected chi connectivity index (χ3v) is 3.40. The molecule has 1 rings (SSSR count). The van der Waals surface area contributed by atoms with Gasteiger partial charge in [-0.2, -0.15) is 0 Å². The van der Waals surface area contributed by atoms with Crippen LogP contribution in [0.5, 0.6) is 5.75 Å². The molecule has 0 bridgehead atoms. The fourth-order valence-corrected chi connectivity index (χ4v) is 2.90. The van der Waals surface area contributed by atoms with Crippen molar-refractivity contribution in [1.29, 1.82) is 0 Å². The SMILES string of the molecule is CCOC(COc1c(Br)cc(C=O)cc1Br)OCC. The zero-order valence-corrected chi connectivity index (χ0v) is 14.0. The van der Waals surface area contributed by atoms with Crippen LogP contribution in [0, 0.1) is 0 Å². The summed E-state index contributed by atoms with van der Waals surface area (Å²) in [6, 6.07) is 3.40. The Morgan fingerprint density at radius 1 is 1.16 bits per heavy atom. The molecule has 0 aromatic heterocycles. The van der Waals surface area contributed by atoms with Crippen LogP contribution in [0.25, 0.3) is 0 Å². The van der Waals surface area contributed by atoms with E-state index in [1.54, 1.807) is 12.1 Å². The van der Waals surface area contributed by atoms with E-state index in [4.69, 9.17) is 14.2 Å². The highest BCUT2D eigenvalue weighted by Gasteiger charge is 2.13. The molecule has 106 valence electrons. The molecule has 1 aromatic rings. The highest BCUT2D eigenvalue weighted by Crippen LogP contribution is 2.34. The van der Waals surface area contributed by atoms with E-state index in [0.29, 0.717) is 33.5 Å². The van der Waals surface area contributed by atoms with Gasteiger partial charge in [0.2, 0.25) is 0 Å². The normalized spacial score (nSPS) is 10.8. The average Bonchev–Trinajstić information content (AvgIpc) is 2.37. The number of benzene rings is 1. The molecule has 0 fully saturated rings. The fourth-order valence-electron chi connectivity index (χ4n) is 1.45. The lowest BCUT2D eigenvalue weighted by atomic mass is 10.2. The van der Waals surface area contributed by atoms with Crippen molar-refractivity contribution in [3.05, 3.63) is 26.6 Å². The molecule has 0 spiro atoms. The molecule has 0 saturated carbocycles. The quantitative estimate of drug-likeness (QED) is 0.496. The first-order chi connectivity index (χ1) is 9.12. The molecular formula is C13H16Br2O4. The highest BCUT2D eigenvalue weighted by molar-refractivity contribution is 9.11. The van der Waals surface area contributed by atoms with Gasteiger partial charge in [0.1, 0.15) is 18.6 Å². The monoisotopic (exact) mass is 394 g/mol. The van der Waals surface area contributed by atoms with Crippen LogP contribution in [-0.4, -0.2) is 32.4 Å². The largest absolute Gasteiger partial charge is 0.486 e. The number of carbonyl (C=O) groups is 1. The Morgan fingerprint density at radius 3 is 2.11 bits per heavy atom. The number of aldehydes is 1. The van der Waals surface area contributed by atoms with Crippen LogP contribution >= 0.6 is 31.9 Å². The predicted molar refractivity (Wildman–Crippen MR) is 79.8 cm³/mol. The van der Waals surface area contributed by atoms with Crippen LogP contribution in [0.3, 0.4) is 0 Å². The van der Waals surface area contributed by atoms with Gasteiger partial charge in [-0.05, 0) is 57.8 Å². The van der Waals surface area contributed by atoms with Gasteiger partial charge in [0, 0.05) is 18.8 Å². The molecule has 0 amide bonds. The van der Waals surface area contributed by atoms with Crippen molar-refractivity contribution >= 4 is 38.1 Å². The second-order valence-corrected chi connectivity index (χ2v) is 5.29. The molecule has 0 unspecified atom stereocenters. The number of ether oxygens (including phenoxy) is 3. The van der Waals surface area contributed by atoms with Gasteiger partial charge in [-0.15, -0.1) is 0 Å². The summed E-state index contributed by atoms with van der Waals surface area (Å²) in [6.45, 7) is 5.19. The summed E-state index contributed by atoms with van der Waals surface area (Å²) in [6.07, 6.45) is 0.377. The van der Waals surface area contributed by atoms with Crippen molar-refractivity contribution in [2.75, 3.05) is 19.8 Å². The highest BCUT2D eigenvalue weighted by atomic mass is 79.9. The molecule has 0 radical (unpaired) electrons. The van der Waals surface area contributed by atoms with Gasteiger partial charge in [0.25, 0.3) is 0 Å². The summed E-state index contributed by atoms with van der Waals surface area (Å²) in [7, 11) is 0. The van der Waals surface area contributed by atoms with Gasteiger partial charge >= 0.3 is 0 Å². The van der Waals surface area contributed by atoms with Crippen LogP contribution in [0.2, 0.25) is 0 Å². The summed E-state index contributed by atoms with van der Waals surface area (Å²) >= 11 is 6.74. The zero-order chi connectivity index (χ0) is 14.3. The lowest BCUT2D eigenvalue weighted by Crippen LogP contribution is -2.25. The standard InChI is InChI=1S/C13H16Br2O4/c1-3-17-12(18-4-2)8-19-13-10(14)5-9(7-16)6-11(13)15/h5-7,12H,3-4,8H2,1-2H3. The Bertz CT molecular complexity index is 394. The van der Waals surface area contributed by atoms with Gasteiger partial charge < -0.3 is 14.2 Å². The average molecular weight is 396 g/mol. The first-order valence-electron chi connectivity index (χ1n) is 5.92. The first-order valence-corrected chi connectivity index (χ1v) is 7.51. The van der Waals surface area contributed by atoms with Gasteiger partial charge in [0.15, 0.2) is 6.29 Å². The molecular weight excluding hydrogens is 380 g/mol. The fraction of sp³-hybridized carbons (Fsp3) is 0.462. The Balaban J connectivity index is 2.73. The Kier molecular flexibility index (Phi) is 7.60. The molecule has 0 aliphatic heterocycles. The van der Waals surface area contributed by atoms with E-state index in [2.05, 4.69) is 31.9 Å². The van der Waals surface area contributed by atoms with Gasteiger partial charge in [-0.25, -0.2) is 0 Å². The third-order valence-electron chi connectivity index (χ3n) is 2.23. The Labute approximate surface area is 129 Å². The maximum absolute atomic E-state index is 10.7. The predicted octanol–water partition coefficient (Wildman–Crippen LogP) is 3.80. The van der Waals surface area contributed by atoms with Gasteiger partial charge in [-0.3, -0.25) is 4.79 Å². The van der Waals surface area contributed by atoms with Crippen molar-refractivity contribution in [3.63, 3.8) is 0 Å². The van der Waals surface area contributed by atoms with E-state index in [-0.39, 0.29) is 6.61 Å². The van der Waals surface area contributed by atoms with E-state index in [1.165, 1.54) is 0 Å². The minimum absolute atomic E-state index is 0.277. The summed E-state index contributed by atoms with van der Waals surface area (Å²) in [5.74, 6) is 0.620. The van der Waals surface area contributed by atoms with Gasteiger partial charge in [-0.1, -0.05) is 0 Å². The van der Waals surface area contributed by atoms with E-state index >= 15 is 0 Å². The summed E-state index contributed by atoms with van der Waals surface area (Å²) < 4.78 is 17.9. The molecule has 0 atom stereocenters. The first kappa shape index (κ1) is 16.6. The second kappa shape index (κ2) is 8.68. The minimum atomic E-state index is -0.403. The van der Waals surface area contributed by atoms with Crippen molar-refractivity contribution in [1.82, 2.24) is 0 Å². The number of hydrogen-bond acceptors (Lipinski definition) is 4.